The maximum Gasteiger partial charge on any atom is 0.408 e. The van der Waals surface area contributed by atoms with Crippen molar-refractivity contribution < 1.29 is 23.8 Å². The number of carbonyl (C=O) groups excluding carboxylic acids is 2. The molecule has 1 amide bonds. The van der Waals surface area contributed by atoms with Gasteiger partial charge in [0.25, 0.3) is 0 Å². The van der Waals surface area contributed by atoms with E-state index in [9.17, 15) is 9.59 Å². The zero-order valence-corrected chi connectivity index (χ0v) is 14.6. The number of ether oxygens (including phenoxy) is 3. The standard InChI is InChI=1S/C18H25NO5/c1-6-11-23-17(21)19-15(16(20)22-5)12-13-7-9-14(10-8-13)24-18(2,3)4/h6-10,15H,1,11-12H2,2-5H3,(H,19,21). The molecule has 6 heteroatoms. The summed E-state index contributed by atoms with van der Waals surface area (Å²) in [6, 6.07) is 6.50. The van der Waals surface area contributed by atoms with Gasteiger partial charge in [-0.2, -0.15) is 0 Å². The Bertz CT molecular complexity index is 560. The van der Waals surface area contributed by atoms with Crippen LogP contribution in [0.5, 0.6) is 5.75 Å². The number of benzene rings is 1. The second-order valence-electron chi connectivity index (χ2n) is 6.17. The summed E-state index contributed by atoms with van der Waals surface area (Å²) in [5.41, 5.74) is 0.572. The van der Waals surface area contributed by atoms with Gasteiger partial charge in [0.1, 0.15) is 24.0 Å². The summed E-state index contributed by atoms with van der Waals surface area (Å²) in [6.45, 7) is 9.42. The zero-order chi connectivity index (χ0) is 18.2. The van der Waals surface area contributed by atoms with Gasteiger partial charge in [-0.1, -0.05) is 24.8 Å². The molecule has 0 aliphatic rings. The van der Waals surface area contributed by atoms with Crippen molar-refractivity contribution in [3.8, 4) is 5.75 Å². The summed E-state index contributed by atoms with van der Waals surface area (Å²) in [4.78, 5) is 23.5. The first-order chi connectivity index (χ1) is 11.2. The van der Waals surface area contributed by atoms with Gasteiger partial charge >= 0.3 is 12.1 Å². The molecule has 1 aromatic rings. The minimum Gasteiger partial charge on any atom is -0.488 e. The number of alkyl carbamates (subject to hydrolysis) is 1. The van der Waals surface area contributed by atoms with E-state index in [1.54, 1.807) is 0 Å². The molecule has 24 heavy (non-hydrogen) atoms. The Balaban J connectivity index is 2.74. The van der Waals surface area contributed by atoms with Crippen LogP contribution in [0.2, 0.25) is 0 Å². The Kier molecular flexibility index (Phi) is 7.30. The van der Waals surface area contributed by atoms with Crippen LogP contribution in [0.25, 0.3) is 0 Å². The van der Waals surface area contributed by atoms with Crippen molar-refractivity contribution in [1.29, 1.82) is 0 Å². The lowest BCUT2D eigenvalue weighted by Crippen LogP contribution is -2.43. The zero-order valence-electron chi connectivity index (χ0n) is 14.6. The number of methoxy groups -OCH3 is 1. The summed E-state index contributed by atoms with van der Waals surface area (Å²) < 4.78 is 15.3. The minimum absolute atomic E-state index is 0.0680. The average Bonchev–Trinajstić information content (AvgIpc) is 2.52. The minimum atomic E-state index is -0.832. The van der Waals surface area contributed by atoms with E-state index in [1.807, 2.05) is 45.0 Å². The van der Waals surface area contributed by atoms with Gasteiger partial charge < -0.3 is 19.5 Å². The van der Waals surface area contributed by atoms with Crippen LogP contribution in [0.4, 0.5) is 4.79 Å². The predicted molar refractivity (Wildman–Crippen MR) is 91.0 cm³/mol. The molecule has 132 valence electrons. The SMILES string of the molecule is C=CCOC(=O)NC(Cc1ccc(OC(C)(C)C)cc1)C(=O)OC. The molecule has 1 rings (SSSR count). The molecule has 0 spiro atoms. The smallest absolute Gasteiger partial charge is 0.408 e. The first kappa shape index (κ1) is 19.5. The fourth-order valence-corrected chi connectivity index (χ4v) is 1.94. The summed E-state index contributed by atoms with van der Waals surface area (Å²) >= 11 is 0. The highest BCUT2D eigenvalue weighted by Crippen LogP contribution is 2.19. The number of hydrogen-bond donors (Lipinski definition) is 1. The highest BCUT2D eigenvalue weighted by Gasteiger charge is 2.22. The Hall–Kier alpha value is -2.50. The molecular weight excluding hydrogens is 310 g/mol. The van der Waals surface area contributed by atoms with Crippen LogP contribution >= 0.6 is 0 Å². The summed E-state index contributed by atoms with van der Waals surface area (Å²) in [5.74, 6) is 0.194. The van der Waals surface area contributed by atoms with Gasteiger partial charge in [0.05, 0.1) is 7.11 Å². The molecule has 0 aliphatic carbocycles. The van der Waals surface area contributed by atoms with E-state index < -0.39 is 18.1 Å². The third-order valence-electron chi connectivity index (χ3n) is 2.90. The van der Waals surface area contributed by atoms with Crippen LogP contribution in [0.1, 0.15) is 26.3 Å². The number of amides is 1. The first-order valence-corrected chi connectivity index (χ1v) is 7.65. The molecule has 0 saturated carbocycles. The van der Waals surface area contributed by atoms with Gasteiger partial charge in [-0.25, -0.2) is 9.59 Å². The largest absolute Gasteiger partial charge is 0.488 e. The Labute approximate surface area is 142 Å². The van der Waals surface area contributed by atoms with E-state index >= 15 is 0 Å². The van der Waals surface area contributed by atoms with Gasteiger partial charge in [-0.3, -0.25) is 0 Å². The maximum absolute atomic E-state index is 11.8. The van der Waals surface area contributed by atoms with Gasteiger partial charge in [0.2, 0.25) is 0 Å². The number of esters is 1. The van der Waals surface area contributed by atoms with E-state index in [1.165, 1.54) is 13.2 Å². The van der Waals surface area contributed by atoms with Crippen LogP contribution < -0.4 is 10.1 Å². The van der Waals surface area contributed by atoms with Crippen molar-refractivity contribution in [2.75, 3.05) is 13.7 Å². The molecule has 0 heterocycles. The van der Waals surface area contributed by atoms with Crippen molar-refractivity contribution in [3.05, 3.63) is 42.5 Å². The highest BCUT2D eigenvalue weighted by molar-refractivity contribution is 5.81. The van der Waals surface area contributed by atoms with E-state index in [0.29, 0.717) is 0 Å². The molecule has 1 N–H and O–H groups in total. The fraction of sp³-hybridized carbons (Fsp3) is 0.444. The molecule has 0 fully saturated rings. The van der Waals surface area contributed by atoms with Gasteiger partial charge in [-0.05, 0) is 38.5 Å². The lowest BCUT2D eigenvalue weighted by atomic mass is 10.1. The lowest BCUT2D eigenvalue weighted by molar-refractivity contribution is -0.142. The first-order valence-electron chi connectivity index (χ1n) is 7.65. The normalized spacial score (nSPS) is 12.0. The molecular formula is C18H25NO5. The topological polar surface area (TPSA) is 73.9 Å². The van der Waals surface area contributed by atoms with Crippen molar-refractivity contribution in [2.45, 2.75) is 38.8 Å². The molecule has 0 saturated heterocycles. The third-order valence-corrected chi connectivity index (χ3v) is 2.90. The van der Waals surface area contributed by atoms with Crippen LogP contribution in [0, 0.1) is 0 Å². The average molecular weight is 335 g/mol. The van der Waals surface area contributed by atoms with Gasteiger partial charge in [0, 0.05) is 6.42 Å². The quantitative estimate of drug-likeness (QED) is 0.613. The van der Waals surface area contributed by atoms with Crippen LogP contribution in [-0.4, -0.2) is 37.4 Å². The molecule has 1 aromatic carbocycles. The Morgan fingerprint density at radius 2 is 1.88 bits per heavy atom. The lowest BCUT2D eigenvalue weighted by Gasteiger charge is -2.21. The van der Waals surface area contributed by atoms with Crippen molar-refractivity contribution in [1.82, 2.24) is 5.32 Å². The molecule has 1 unspecified atom stereocenters. The van der Waals surface area contributed by atoms with Gasteiger partial charge in [-0.15, -0.1) is 0 Å². The third kappa shape index (κ3) is 7.17. The molecule has 0 bridgehead atoms. The van der Waals surface area contributed by atoms with Gasteiger partial charge in [0.15, 0.2) is 0 Å². The predicted octanol–water partition coefficient (Wildman–Crippen LogP) is 2.86. The van der Waals surface area contributed by atoms with Crippen LogP contribution in [-0.2, 0) is 20.7 Å². The van der Waals surface area contributed by atoms with Crippen LogP contribution in [0.15, 0.2) is 36.9 Å². The molecule has 0 radical (unpaired) electrons. The van der Waals surface area contributed by atoms with Crippen molar-refractivity contribution in [3.63, 3.8) is 0 Å². The van der Waals surface area contributed by atoms with E-state index in [2.05, 4.69) is 11.9 Å². The van der Waals surface area contributed by atoms with Crippen molar-refractivity contribution in [2.24, 2.45) is 0 Å². The molecule has 0 aromatic heterocycles. The second-order valence-corrected chi connectivity index (χ2v) is 6.17. The second kappa shape index (κ2) is 8.96. The van der Waals surface area contributed by atoms with E-state index in [-0.39, 0.29) is 18.6 Å². The number of nitrogens with one attached hydrogen (secondary N) is 1. The summed E-state index contributed by atoms with van der Waals surface area (Å²) in [6.07, 6.45) is 1.03. The highest BCUT2D eigenvalue weighted by atomic mass is 16.6. The summed E-state index contributed by atoms with van der Waals surface area (Å²) in [5, 5.41) is 2.49. The van der Waals surface area contributed by atoms with Crippen molar-refractivity contribution >= 4 is 12.1 Å². The molecule has 6 nitrogen and oxygen atoms in total. The summed E-state index contributed by atoms with van der Waals surface area (Å²) in [7, 11) is 1.27. The van der Waals surface area contributed by atoms with Crippen LogP contribution in [0.3, 0.4) is 0 Å². The van der Waals surface area contributed by atoms with E-state index in [0.717, 1.165) is 11.3 Å². The maximum atomic E-state index is 11.8. The Morgan fingerprint density at radius 1 is 1.25 bits per heavy atom. The molecule has 0 aliphatic heterocycles. The number of rotatable bonds is 7. The molecule has 1 atom stereocenters. The number of carbonyl (C=O) groups is 2. The fourth-order valence-electron chi connectivity index (χ4n) is 1.94. The van der Waals surface area contributed by atoms with E-state index in [4.69, 9.17) is 14.2 Å². The Morgan fingerprint density at radius 3 is 2.38 bits per heavy atom. The monoisotopic (exact) mass is 335 g/mol. The number of hydrogen-bond acceptors (Lipinski definition) is 5.